The fourth-order valence-corrected chi connectivity index (χ4v) is 3.41. The van der Waals surface area contributed by atoms with E-state index < -0.39 is 18.1 Å². The molecule has 1 saturated carbocycles. The number of anilines is 1. The van der Waals surface area contributed by atoms with Crippen molar-refractivity contribution in [2.75, 3.05) is 18.5 Å². The largest absolute Gasteiger partial charge is 0.389 e. The van der Waals surface area contributed by atoms with Gasteiger partial charge in [0.2, 0.25) is 5.92 Å². The summed E-state index contributed by atoms with van der Waals surface area (Å²) < 4.78 is 32.0. The summed E-state index contributed by atoms with van der Waals surface area (Å²) in [6.07, 6.45) is -0.802. The third-order valence-corrected chi connectivity index (χ3v) is 4.95. The van der Waals surface area contributed by atoms with Crippen LogP contribution in [0.5, 0.6) is 0 Å². The average molecular weight is 369 g/mol. The minimum absolute atomic E-state index is 0.0361. The maximum atomic E-state index is 13.2. The van der Waals surface area contributed by atoms with E-state index >= 15 is 0 Å². The third-order valence-electron chi connectivity index (χ3n) is 4.95. The number of carbonyl (C=O) groups is 1. The Morgan fingerprint density at radius 1 is 1.23 bits per heavy atom. The second kappa shape index (κ2) is 8.28. The third kappa shape index (κ3) is 5.12. The number of nitrogens with one attached hydrogen (secondary N) is 3. The number of para-hydroxylation sites is 1. The van der Waals surface area contributed by atoms with Crippen molar-refractivity contribution >= 4 is 11.7 Å². The maximum absolute atomic E-state index is 13.2. The van der Waals surface area contributed by atoms with E-state index in [0.717, 1.165) is 0 Å². The number of urea groups is 1. The van der Waals surface area contributed by atoms with E-state index in [9.17, 15) is 18.7 Å². The maximum Gasteiger partial charge on any atom is 0.319 e. The molecule has 4 N–H and O–H groups in total. The highest BCUT2D eigenvalue weighted by atomic mass is 19.3. The van der Waals surface area contributed by atoms with E-state index in [1.807, 2.05) is 18.2 Å². The second-order valence-electron chi connectivity index (χ2n) is 6.97. The van der Waals surface area contributed by atoms with Gasteiger partial charge in [-0.1, -0.05) is 18.2 Å². The van der Waals surface area contributed by atoms with Crippen molar-refractivity contribution in [1.29, 1.82) is 0 Å². The van der Waals surface area contributed by atoms with Gasteiger partial charge >= 0.3 is 6.03 Å². The van der Waals surface area contributed by atoms with Crippen molar-refractivity contribution in [2.45, 2.75) is 55.9 Å². The molecule has 8 heteroatoms. The first-order valence-electron chi connectivity index (χ1n) is 8.96. The van der Waals surface area contributed by atoms with Gasteiger partial charge in [-0.05, 0) is 25.0 Å². The number of aliphatic hydroxyl groups is 1. The molecule has 0 aromatic heterocycles. The first-order valence-corrected chi connectivity index (χ1v) is 8.96. The molecule has 144 valence electrons. The molecule has 2 fully saturated rings. The van der Waals surface area contributed by atoms with Crippen molar-refractivity contribution in [3.8, 4) is 0 Å². The molecule has 3 atom stereocenters. The summed E-state index contributed by atoms with van der Waals surface area (Å²) >= 11 is 0. The molecule has 0 bridgehead atoms. The number of carbonyl (C=O) groups excluding carboxylic acids is 1. The summed E-state index contributed by atoms with van der Waals surface area (Å²) in [6.45, 7) is 0.460. The van der Waals surface area contributed by atoms with E-state index in [0.29, 0.717) is 25.1 Å². The molecule has 2 aliphatic rings. The van der Waals surface area contributed by atoms with Crippen LogP contribution in [0.15, 0.2) is 30.3 Å². The van der Waals surface area contributed by atoms with Crippen molar-refractivity contribution in [3.63, 3.8) is 0 Å². The van der Waals surface area contributed by atoms with Gasteiger partial charge in [-0.2, -0.15) is 0 Å². The smallest absolute Gasteiger partial charge is 0.319 e. The van der Waals surface area contributed by atoms with E-state index in [-0.39, 0.29) is 37.5 Å². The molecule has 0 radical (unpaired) electrons. The number of amides is 2. The SMILES string of the molecule is O=C(NC[C@H]1OC[C@@H](NC2CCC(F)(F)CC2)[C@@H]1O)Nc1ccccc1. The van der Waals surface area contributed by atoms with Crippen molar-refractivity contribution in [1.82, 2.24) is 10.6 Å². The quantitative estimate of drug-likeness (QED) is 0.641. The number of alkyl halides is 2. The van der Waals surface area contributed by atoms with Gasteiger partial charge in [-0.15, -0.1) is 0 Å². The van der Waals surface area contributed by atoms with Crippen LogP contribution >= 0.6 is 0 Å². The number of hydrogen-bond donors (Lipinski definition) is 4. The van der Waals surface area contributed by atoms with E-state index in [1.54, 1.807) is 12.1 Å². The molecule has 0 spiro atoms. The summed E-state index contributed by atoms with van der Waals surface area (Å²) in [7, 11) is 0. The number of aliphatic hydroxyl groups excluding tert-OH is 1. The molecular formula is C18H25F2N3O3. The van der Waals surface area contributed by atoms with Gasteiger partial charge in [0.1, 0.15) is 6.10 Å². The Morgan fingerprint density at radius 3 is 2.62 bits per heavy atom. The van der Waals surface area contributed by atoms with Gasteiger partial charge in [-0.25, -0.2) is 13.6 Å². The van der Waals surface area contributed by atoms with Crippen LogP contribution in [-0.4, -0.2) is 54.5 Å². The monoisotopic (exact) mass is 369 g/mol. The minimum atomic E-state index is -2.57. The first-order chi connectivity index (χ1) is 12.4. The Kier molecular flexibility index (Phi) is 6.05. The molecule has 1 aromatic carbocycles. The normalized spacial score (nSPS) is 28.7. The molecule has 0 unspecified atom stereocenters. The van der Waals surface area contributed by atoms with Gasteiger partial charge < -0.3 is 25.8 Å². The predicted octanol–water partition coefficient (Wildman–Crippen LogP) is 2.10. The Hall–Kier alpha value is -1.77. The lowest BCUT2D eigenvalue weighted by Gasteiger charge is -2.31. The van der Waals surface area contributed by atoms with Gasteiger partial charge in [0.05, 0.1) is 18.8 Å². The number of hydrogen-bond acceptors (Lipinski definition) is 4. The minimum Gasteiger partial charge on any atom is -0.389 e. The van der Waals surface area contributed by atoms with Gasteiger partial charge in [0.25, 0.3) is 0 Å². The van der Waals surface area contributed by atoms with Crippen LogP contribution in [0.1, 0.15) is 25.7 Å². The van der Waals surface area contributed by atoms with Crippen LogP contribution in [0.3, 0.4) is 0 Å². The van der Waals surface area contributed by atoms with Crippen LogP contribution in [0.2, 0.25) is 0 Å². The van der Waals surface area contributed by atoms with Gasteiger partial charge in [-0.3, -0.25) is 0 Å². The van der Waals surface area contributed by atoms with Gasteiger partial charge in [0.15, 0.2) is 0 Å². The lowest BCUT2D eigenvalue weighted by Crippen LogP contribution is -2.50. The molecule has 6 nitrogen and oxygen atoms in total. The van der Waals surface area contributed by atoms with E-state index in [4.69, 9.17) is 4.74 Å². The lowest BCUT2D eigenvalue weighted by atomic mass is 9.91. The second-order valence-corrected chi connectivity index (χ2v) is 6.97. The van der Waals surface area contributed by atoms with E-state index in [2.05, 4.69) is 16.0 Å². The standard InChI is InChI=1S/C18H25F2N3O3/c19-18(20)8-6-13(7-9-18)22-14-11-26-15(16(14)24)10-21-17(25)23-12-4-2-1-3-5-12/h1-5,13-16,22,24H,6-11H2,(H2,21,23,25)/t14-,15-,16+/m1/s1. The zero-order valence-electron chi connectivity index (χ0n) is 14.5. The molecule has 1 saturated heterocycles. The Labute approximate surface area is 151 Å². The molecule has 1 aromatic rings. The summed E-state index contributed by atoms with van der Waals surface area (Å²) in [4.78, 5) is 11.9. The Bertz CT molecular complexity index is 593. The predicted molar refractivity (Wildman–Crippen MR) is 93.3 cm³/mol. The fourth-order valence-electron chi connectivity index (χ4n) is 3.41. The Balaban J connectivity index is 1.40. The zero-order chi connectivity index (χ0) is 18.6. The van der Waals surface area contributed by atoms with Crippen LogP contribution in [0, 0.1) is 0 Å². The summed E-state index contributed by atoms with van der Waals surface area (Å²) in [5.74, 6) is -2.57. The average Bonchev–Trinajstić information content (AvgIpc) is 2.96. The number of ether oxygens (including phenoxy) is 1. The van der Waals surface area contributed by atoms with Crippen molar-refractivity contribution in [2.24, 2.45) is 0 Å². The van der Waals surface area contributed by atoms with E-state index in [1.165, 1.54) is 0 Å². The van der Waals surface area contributed by atoms with Crippen LogP contribution < -0.4 is 16.0 Å². The molecule has 1 aliphatic heterocycles. The molecule has 1 aliphatic carbocycles. The van der Waals surface area contributed by atoms with Crippen LogP contribution in [-0.2, 0) is 4.74 Å². The molecule has 3 rings (SSSR count). The molecule has 2 amide bonds. The highest BCUT2D eigenvalue weighted by Crippen LogP contribution is 2.33. The van der Waals surface area contributed by atoms with Crippen molar-refractivity contribution in [3.05, 3.63) is 30.3 Å². The number of benzene rings is 1. The molecule has 26 heavy (non-hydrogen) atoms. The van der Waals surface area contributed by atoms with Crippen LogP contribution in [0.25, 0.3) is 0 Å². The highest BCUT2D eigenvalue weighted by Gasteiger charge is 2.40. The first kappa shape index (κ1) is 19.0. The van der Waals surface area contributed by atoms with Gasteiger partial charge in [0, 0.05) is 31.1 Å². The summed E-state index contributed by atoms with van der Waals surface area (Å²) in [6, 6.07) is 8.31. The zero-order valence-corrected chi connectivity index (χ0v) is 14.5. The molecule has 1 heterocycles. The Morgan fingerprint density at radius 2 is 1.92 bits per heavy atom. The highest BCUT2D eigenvalue weighted by molar-refractivity contribution is 5.89. The fraction of sp³-hybridized carbons (Fsp3) is 0.611. The summed E-state index contributed by atoms with van der Waals surface area (Å²) in [5, 5.41) is 19.0. The number of halogens is 2. The summed E-state index contributed by atoms with van der Waals surface area (Å²) in [5.41, 5.74) is 0.673. The topological polar surface area (TPSA) is 82.6 Å². The lowest BCUT2D eigenvalue weighted by molar-refractivity contribution is -0.0421. The van der Waals surface area contributed by atoms with Crippen molar-refractivity contribution < 1.29 is 23.4 Å². The van der Waals surface area contributed by atoms with Crippen LogP contribution in [0.4, 0.5) is 19.3 Å². The molecular weight excluding hydrogens is 344 g/mol. The number of rotatable bonds is 5.